The highest BCUT2D eigenvalue weighted by Crippen LogP contribution is 2.34. The molecule has 0 saturated carbocycles. The van der Waals surface area contributed by atoms with Gasteiger partial charge in [-0.25, -0.2) is 4.98 Å². The normalized spacial score (nSPS) is 16.7. The van der Waals surface area contributed by atoms with E-state index in [1.165, 1.54) is 0 Å². The Hall–Kier alpha value is -2.35. The van der Waals surface area contributed by atoms with E-state index in [2.05, 4.69) is 15.3 Å². The van der Waals surface area contributed by atoms with Crippen LogP contribution in [0.3, 0.4) is 0 Å². The molecule has 3 heterocycles. The molecule has 1 aliphatic rings. The topological polar surface area (TPSA) is 58.1 Å². The molecule has 2 aromatic heterocycles. The first-order valence-corrected chi connectivity index (χ1v) is 9.32. The summed E-state index contributed by atoms with van der Waals surface area (Å²) in [6.07, 6.45) is -0.879. The molecule has 5 nitrogen and oxygen atoms in total. The van der Waals surface area contributed by atoms with Gasteiger partial charge in [0, 0.05) is 31.4 Å². The third-order valence-electron chi connectivity index (χ3n) is 4.80. The first-order valence-electron chi connectivity index (χ1n) is 8.94. The lowest BCUT2D eigenvalue weighted by Crippen LogP contribution is -2.41. The van der Waals surface area contributed by atoms with E-state index in [-0.39, 0.29) is 22.9 Å². The van der Waals surface area contributed by atoms with Crippen molar-refractivity contribution in [2.75, 3.05) is 18.0 Å². The minimum atomic E-state index is -4.48. The van der Waals surface area contributed by atoms with Gasteiger partial charge in [-0.2, -0.15) is 13.2 Å². The smallest absolute Gasteiger partial charge is 0.355 e. The largest absolute Gasteiger partial charge is 0.417 e. The fraction of sp³-hybridized carbons (Fsp3) is 0.421. The van der Waals surface area contributed by atoms with Gasteiger partial charge in [-0.05, 0) is 38.0 Å². The van der Waals surface area contributed by atoms with Crippen LogP contribution in [0, 0.1) is 5.92 Å². The molecule has 0 aromatic carbocycles. The van der Waals surface area contributed by atoms with Crippen molar-refractivity contribution in [1.82, 2.24) is 15.3 Å². The lowest BCUT2D eigenvalue weighted by Gasteiger charge is -2.33. The van der Waals surface area contributed by atoms with Gasteiger partial charge < -0.3 is 10.2 Å². The standard InChI is InChI=1S/C19H20ClF3N4O/c1-12(16-4-2-3-7-24-16)26-18(28)13-5-8-27(9-6-13)17-15(20)10-14(11-25-17)19(21,22)23/h2-4,7,10-13H,5-6,8-9H2,1H3,(H,26,28)/t12-/m1/s1. The number of amides is 1. The van der Waals surface area contributed by atoms with Crippen LogP contribution in [0.15, 0.2) is 36.7 Å². The predicted molar refractivity (Wildman–Crippen MR) is 100.0 cm³/mol. The monoisotopic (exact) mass is 412 g/mol. The van der Waals surface area contributed by atoms with Crippen molar-refractivity contribution in [1.29, 1.82) is 0 Å². The van der Waals surface area contributed by atoms with Gasteiger partial charge in [0.05, 0.1) is 22.3 Å². The summed E-state index contributed by atoms with van der Waals surface area (Å²) in [6.45, 7) is 2.86. The number of piperidine rings is 1. The summed E-state index contributed by atoms with van der Waals surface area (Å²) in [5.74, 6) is 0.0929. The van der Waals surface area contributed by atoms with E-state index in [1.54, 1.807) is 6.20 Å². The molecule has 2 aromatic rings. The highest BCUT2D eigenvalue weighted by molar-refractivity contribution is 6.33. The van der Waals surface area contributed by atoms with Gasteiger partial charge in [-0.3, -0.25) is 9.78 Å². The third-order valence-corrected chi connectivity index (χ3v) is 5.08. The van der Waals surface area contributed by atoms with Crippen LogP contribution in [-0.2, 0) is 11.0 Å². The zero-order chi connectivity index (χ0) is 20.3. The molecular weight excluding hydrogens is 393 g/mol. The van der Waals surface area contributed by atoms with Gasteiger partial charge in [-0.1, -0.05) is 17.7 Å². The predicted octanol–water partition coefficient (Wildman–Crippen LogP) is 4.24. The van der Waals surface area contributed by atoms with Crippen molar-refractivity contribution >= 4 is 23.3 Å². The van der Waals surface area contributed by atoms with E-state index in [4.69, 9.17) is 11.6 Å². The van der Waals surface area contributed by atoms with Crippen molar-refractivity contribution in [3.05, 3.63) is 52.9 Å². The minimum Gasteiger partial charge on any atom is -0.355 e. The average molecular weight is 413 g/mol. The molecule has 0 radical (unpaired) electrons. The molecule has 0 bridgehead atoms. The van der Waals surface area contributed by atoms with Gasteiger partial charge in [0.25, 0.3) is 0 Å². The summed E-state index contributed by atoms with van der Waals surface area (Å²) in [5.41, 5.74) is -0.0898. The molecule has 1 aliphatic heterocycles. The highest BCUT2D eigenvalue weighted by Gasteiger charge is 2.33. The van der Waals surface area contributed by atoms with Crippen LogP contribution in [0.25, 0.3) is 0 Å². The summed E-state index contributed by atoms with van der Waals surface area (Å²) in [6, 6.07) is 6.22. The van der Waals surface area contributed by atoms with Gasteiger partial charge in [0.15, 0.2) is 0 Å². The maximum absolute atomic E-state index is 12.7. The summed E-state index contributed by atoms with van der Waals surface area (Å²) in [5, 5.41) is 2.93. The van der Waals surface area contributed by atoms with Crippen LogP contribution in [-0.4, -0.2) is 29.0 Å². The fourth-order valence-electron chi connectivity index (χ4n) is 3.21. The molecular formula is C19H20ClF3N4O. The molecule has 150 valence electrons. The lowest BCUT2D eigenvalue weighted by molar-refractivity contribution is -0.137. The number of hydrogen-bond donors (Lipinski definition) is 1. The van der Waals surface area contributed by atoms with E-state index in [0.717, 1.165) is 18.0 Å². The van der Waals surface area contributed by atoms with Crippen LogP contribution in [0.4, 0.5) is 19.0 Å². The number of anilines is 1. The minimum absolute atomic E-state index is 0.0403. The number of halogens is 4. The van der Waals surface area contributed by atoms with E-state index in [1.807, 2.05) is 30.0 Å². The number of rotatable bonds is 4. The van der Waals surface area contributed by atoms with Gasteiger partial charge >= 0.3 is 6.18 Å². The second-order valence-corrected chi connectivity index (χ2v) is 7.18. The summed E-state index contributed by atoms with van der Waals surface area (Å²) < 4.78 is 38.2. The number of hydrogen-bond acceptors (Lipinski definition) is 4. The Balaban J connectivity index is 1.58. The number of aromatic nitrogens is 2. The van der Waals surface area contributed by atoms with Crippen molar-refractivity contribution < 1.29 is 18.0 Å². The maximum atomic E-state index is 12.7. The highest BCUT2D eigenvalue weighted by atomic mass is 35.5. The number of nitrogens with zero attached hydrogens (tertiary/aromatic N) is 3. The van der Waals surface area contributed by atoms with Crippen molar-refractivity contribution in [3.63, 3.8) is 0 Å². The zero-order valence-corrected chi connectivity index (χ0v) is 16.0. The molecule has 1 amide bonds. The number of alkyl halides is 3. The van der Waals surface area contributed by atoms with Gasteiger partial charge in [-0.15, -0.1) is 0 Å². The summed E-state index contributed by atoms with van der Waals surface area (Å²) in [7, 11) is 0. The zero-order valence-electron chi connectivity index (χ0n) is 15.2. The lowest BCUT2D eigenvalue weighted by atomic mass is 9.95. The molecule has 0 spiro atoms. The van der Waals surface area contributed by atoms with Crippen molar-refractivity contribution in [2.45, 2.75) is 32.0 Å². The van der Waals surface area contributed by atoms with Crippen LogP contribution < -0.4 is 10.2 Å². The molecule has 1 saturated heterocycles. The fourth-order valence-corrected chi connectivity index (χ4v) is 3.50. The second kappa shape index (κ2) is 8.34. The van der Waals surface area contributed by atoms with E-state index in [0.29, 0.717) is 31.7 Å². The molecule has 1 fully saturated rings. The van der Waals surface area contributed by atoms with E-state index in [9.17, 15) is 18.0 Å². The number of carbonyl (C=O) groups excluding carboxylic acids is 1. The number of carbonyl (C=O) groups is 1. The van der Waals surface area contributed by atoms with Gasteiger partial charge in [0.1, 0.15) is 5.82 Å². The molecule has 9 heteroatoms. The molecule has 1 atom stereocenters. The SMILES string of the molecule is C[C@@H](NC(=O)C1CCN(c2ncc(C(F)(F)F)cc2Cl)CC1)c1ccccn1. The molecule has 0 unspecified atom stereocenters. The quantitative estimate of drug-likeness (QED) is 0.816. The Labute approximate surface area is 165 Å². The van der Waals surface area contributed by atoms with Gasteiger partial charge in [0.2, 0.25) is 5.91 Å². The van der Waals surface area contributed by atoms with Crippen LogP contribution >= 0.6 is 11.6 Å². The summed E-state index contributed by atoms with van der Waals surface area (Å²) >= 11 is 6.01. The Morgan fingerprint density at radius 1 is 1.29 bits per heavy atom. The average Bonchev–Trinajstić information content (AvgIpc) is 2.68. The van der Waals surface area contributed by atoms with Crippen molar-refractivity contribution in [3.8, 4) is 0 Å². The Bertz CT molecular complexity index is 824. The van der Waals surface area contributed by atoms with Crippen LogP contribution in [0.2, 0.25) is 5.02 Å². The Morgan fingerprint density at radius 3 is 2.57 bits per heavy atom. The first kappa shape index (κ1) is 20.4. The number of nitrogens with one attached hydrogen (secondary N) is 1. The van der Waals surface area contributed by atoms with Crippen molar-refractivity contribution in [2.24, 2.45) is 5.92 Å². The maximum Gasteiger partial charge on any atom is 0.417 e. The third kappa shape index (κ3) is 4.73. The summed E-state index contributed by atoms with van der Waals surface area (Å²) in [4.78, 5) is 22.5. The molecule has 0 aliphatic carbocycles. The first-order chi connectivity index (χ1) is 13.3. The van der Waals surface area contributed by atoms with E-state index >= 15 is 0 Å². The molecule has 28 heavy (non-hydrogen) atoms. The van der Waals surface area contributed by atoms with Crippen LogP contribution in [0.1, 0.15) is 37.1 Å². The second-order valence-electron chi connectivity index (χ2n) is 6.77. The number of pyridine rings is 2. The van der Waals surface area contributed by atoms with E-state index < -0.39 is 11.7 Å². The Kier molecular flexibility index (Phi) is 6.07. The Morgan fingerprint density at radius 2 is 2.00 bits per heavy atom. The molecule has 3 rings (SSSR count). The van der Waals surface area contributed by atoms with Crippen LogP contribution in [0.5, 0.6) is 0 Å². The molecule has 1 N–H and O–H groups in total.